The summed E-state index contributed by atoms with van der Waals surface area (Å²) in [5, 5.41) is 0. The topological polar surface area (TPSA) is 58.9 Å². The van der Waals surface area contributed by atoms with E-state index in [9.17, 15) is 9.59 Å². The molecule has 0 aliphatic rings. The molecule has 0 saturated heterocycles. The molecule has 0 rings (SSSR count). The van der Waals surface area contributed by atoms with Gasteiger partial charge in [-0.15, -0.1) is 0 Å². The fourth-order valence-corrected chi connectivity index (χ4v) is 1.09. The van der Waals surface area contributed by atoms with Gasteiger partial charge in [0, 0.05) is 0 Å². The van der Waals surface area contributed by atoms with Gasteiger partial charge < -0.3 is 0 Å². The van der Waals surface area contributed by atoms with Crippen molar-refractivity contribution in [1.29, 1.82) is 0 Å². The van der Waals surface area contributed by atoms with Gasteiger partial charge in [-0.2, -0.15) is 9.98 Å². The highest BCUT2D eigenvalue weighted by atomic mass is 16.1. The Bertz CT molecular complexity index is 280. The Morgan fingerprint density at radius 3 is 1.80 bits per heavy atom. The zero-order chi connectivity index (χ0) is 11.9. The molecule has 0 radical (unpaired) electrons. The van der Waals surface area contributed by atoms with Crippen LogP contribution in [0.25, 0.3) is 0 Å². The van der Waals surface area contributed by atoms with Gasteiger partial charge in [-0.05, 0) is 25.2 Å². The summed E-state index contributed by atoms with van der Waals surface area (Å²) in [5.41, 5.74) is -0.825. The van der Waals surface area contributed by atoms with Crippen molar-refractivity contribution < 1.29 is 9.59 Å². The molecule has 0 saturated carbocycles. The van der Waals surface area contributed by atoms with Crippen molar-refractivity contribution in [3.63, 3.8) is 0 Å². The van der Waals surface area contributed by atoms with Crippen LogP contribution in [0.3, 0.4) is 0 Å². The second-order valence-corrected chi connectivity index (χ2v) is 4.64. The van der Waals surface area contributed by atoms with E-state index in [4.69, 9.17) is 0 Å². The average molecular weight is 210 g/mol. The lowest BCUT2D eigenvalue weighted by molar-refractivity contribution is 0.275. The average Bonchev–Trinajstić information content (AvgIpc) is 2.16. The van der Waals surface area contributed by atoms with Crippen molar-refractivity contribution in [2.75, 3.05) is 0 Å². The number of hydrogen-bond acceptors (Lipinski definition) is 4. The maximum Gasteiger partial charge on any atom is 0.237 e. The minimum Gasteiger partial charge on any atom is -0.211 e. The molecule has 15 heavy (non-hydrogen) atoms. The summed E-state index contributed by atoms with van der Waals surface area (Å²) in [5.74, 6) is 0. The van der Waals surface area contributed by atoms with Crippen molar-refractivity contribution in [1.82, 2.24) is 0 Å². The first-order valence-corrected chi connectivity index (χ1v) is 5.07. The van der Waals surface area contributed by atoms with Gasteiger partial charge in [0.05, 0.1) is 0 Å². The fraction of sp³-hybridized carbons (Fsp3) is 0.818. The van der Waals surface area contributed by atoms with Crippen molar-refractivity contribution >= 4 is 12.2 Å². The Morgan fingerprint density at radius 2 is 1.47 bits per heavy atom. The van der Waals surface area contributed by atoms with E-state index in [-0.39, 0.29) is 5.41 Å². The molecule has 4 heteroatoms. The van der Waals surface area contributed by atoms with Crippen LogP contribution in [0.15, 0.2) is 9.98 Å². The van der Waals surface area contributed by atoms with Crippen LogP contribution >= 0.6 is 0 Å². The highest BCUT2D eigenvalue weighted by Gasteiger charge is 2.26. The largest absolute Gasteiger partial charge is 0.237 e. The normalized spacial score (nSPS) is 14.7. The molecule has 0 fully saturated rings. The van der Waals surface area contributed by atoms with Crippen molar-refractivity contribution in [3.8, 4) is 0 Å². The summed E-state index contributed by atoms with van der Waals surface area (Å²) < 4.78 is 0. The second-order valence-electron chi connectivity index (χ2n) is 4.64. The van der Waals surface area contributed by atoms with Crippen LogP contribution < -0.4 is 0 Å². The Balaban J connectivity index is 4.58. The van der Waals surface area contributed by atoms with Gasteiger partial charge >= 0.3 is 0 Å². The lowest BCUT2D eigenvalue weighted by atomic mass is 9.83. The third-order valence-electron chi connectivity index (χ3n) is 2.81. The van der Waals surface area contributed by atoms with E-state index in [1.165, 1.54) is 12.2 Å². The van der Waals surface area contributed by atoms with Gasteiger partial charge in [0.1, 0.15) is 0 Å². The van der Waals surface area contributed by atoms with E-state index < -0.39 is 5.66 Å². The molecule has 0 bridgehead atoms. The summed E-state index contributed by atoms with van der Waals surface area (Å²) in [6.07, 6.45) is 5.32. The molecule has 4 nitrogen and oxygen atoms in total. The molecule has 0 aliphatic heterocycles. The molecule has 0 atom stereocenters. The maximum absolute atomic E-state index is 10.2. The fourth-order valence-electron chi connectivity index (χ4n) is 1.09. The third-order valence-corrected chi connectivity index (χ3v) is 2.81. The van der Waals surface area contributed by atoms with Gasteiger partial charge in [0.25, 0.3) is 0 Å². The summed E-state index contributed by atoms with van der Waals surface area (Å²) >= 11 is 0. The molecule has 0 aromatic carbocycles. The Hall–Kier alpha value is -1.24. The molecule has 0 N–H and O–H groups in total. The molecule has 0 heterocycles. The smallest absolute Gasteiger partial charge is 0.211 e. The van der Waals surface area contributed by atoms with Gasteiger partial charge in [-0.25, -0.2) is 9.59 Å². The highest BCUT2D eigenvalue weighted by Crippen LogP contribution is 2.31. The van der Waals surface area contributed by atoms with Crippen molar-refractivity contribution in [2.24, 2.45) is 15.4 Å². The van der Waals surface area contributed by atoms with E-state index in [2.05, 4.69) is 30.8 Å². The summed E-state index contributed by atoms with van der Waals surface area (Å²) in [7, 11) is 0. The van der Waals surface area contributed by atoms with Crippen LogP contribution in [0.2, 0.25) is 0 Å². The molecule has 0 aromatic heterocycles. The predicted molar refractivity (Wildman–Crippen MR) is 58.0 cm³/mol. The Morgan fingerprint density at radius 1 is 1.00 bits per heavy atom. The summed E-state index contributed by atoms with van der Waals surface area (Å²) in [4.78, 5) is 27.5. The number of carbonyl (C=O) groups excluding carboxylic acids is 2. The van der Waals surface area contributed by atoms with Crippen LogP contribution in [0.5, 0.6) is 0 Å². The standard InChI is InChI=1S/C11H18N2O2/c1-5-10(2,3)6-7-11(4,12-8-14)13-9-15/h5-7H2,1-4H3. The van der Waals surface area contributed by atoms with Crippen LogP contribution in [-0.2, 0) is 9.59 Å². The second kappa shape index (κ2) is 5.59. The summed E-state index contributed by atoms with van der Waals surface area (Å²) in [6.45, 7) is 7.99. The Labute approximate surface area is 90.5 Å². The number of hydrogen-bond donors (Lipinski definition) is 0. The minimum absolute atomic E-state index is 0.165. The van der Waals surface area contributed by atoms with Crippen LogP contribution in [0.4, 0.5) is 0 Å². The van der Waals surface area contributed by atoms with E-state index in [1.54, 1.807) is 6.92 Å². The zero-order valence-corrected chi connectivity index (χ0v) is 9.83. The number of isocyanates is 2. The lowest BCUT2D eigenvalue weighted by Gasteiger charge is -2.26. The van der Waals surface area contributed by atoms with Gasteiger partial charge in [-0.1, -0.05) is 27.2 Å². The predicted octanol–water partition coefficient (Wildman–Crippen LogP) is 2.59. The highest BCUT2D eigenvalue weighted by molar-refractivity contribution is 5.38. The van der Waals surface area contributed by atoms with Crippen LogP contribution in [0.1, 0.15) is 47.0 Å². The SMILES string of the molecule is CCC(C)(C)CCC(C)(N=C=O)N=C=O. The van der Waals surface area contributed by atoms with Crippen molar-refractivity contribution in [3.05, 3.63) is 0 Å². The quantitative estimate of drug-likeness (QED) is 0.499. The van der Waals surface area contributed by atoms with Gasteiger partial charge in [0.2, 0.25) is 12.2 Å². The number of aliphatic imine (C=N–C) groups is 2. The monoisotopic (exact) mass is 210 g/mol. The van der Waals surface area contributed by atoms with E-state index in [0.29, 0.717) is 6.42 Å². The maximum atomic E-state index is 10.2. The van der Waals surface area contributed by atoms with Gasteiger partial charge in [-0.3, -0.25) is 0 Å². The van der Waals surface area contributed by atoms with Crippen LogP contribution in [0, 0.1) is 5.41 Å². The third kappa shape index (κ3) is 5.26. The zero-order valence-electron chi connectivity index (χ0n) is 9.83. The first-order valence-electron chi connectivity index (χ1n) is 5.07. The number of rotatable bonds is 6. The Kier molecular flexibility index (Phi) is 5.13. The minimum atomic E-state index is -0.990. The molecular formula is C11H18N2O2. The molecule has 84 valence electrons. The molecule has 0 spiro atoms. The molecule has 0 amide bonds. The first kappa shape index (κ1) is 13.8. The number of nitrogens with zero attached hydrogens (tertiary/aromatic N) is 2. The van der Waals surface area contributed by atoms with Crippen molar-refractivity contribution in [2.45, 2.75) is 52.6 Å². The molecule has 0 aliphatic carbocycles. The molecule has 0 aromatic rings. The molecular weight excluding hydrogens is 192 g/mol. The van der Waals surface area contributed by atoms with Gasteiger partial charge in [0.15, 0.2) is 5.66 Å². The van der Waals surface area contributed by atoms with E-state index in [0.717, 1.165) is 12.8 Å². The first-order chi connectivity index (χ1) is 6.89. The molecule has 0 unspecified atom stereocenters. The van der Waals surface area contributed by atoms with E-state index >= 15 is 0 Å². The van der Waals surface area contributed by atoms with Crippen LogP contribution in [-0.4, -0.2) is 17.8 Å². The van der Waals surface area contributed by atoms with E-state index in [1.807, 2.05) is 0 Å². The lowest BCUT2D eigenvalue weighted by Crippen LogP contribution is -2.22. The summed E-state index contributed by atoms with van der Waals surface area (Å²) in [6, 6.07) is 0.